The van der Waals surface area contributed by atoms with Crippen molar-refractivity contribution in [1.82, 2.24) is 10.4 Å². The summed E-state index contributed by atoms with van der Waals surface area (Å²) in [5.41, 5.74) is 3.46. The summed E-state index contributed by atoms with van der Waals surface area (Å²) < 4.78 is 5.25. The number of carbonyl (C=O) groups excluding carboxylic acids is 1. The van der Waals surface area contributed by atoms with Gasteiger partial charge in [-0.3, -0.25) is 10.2 Å². The molecule has 1 N–H and O–H groups in total. The highest BCUT2D eigenvalue weighted by Crippen LogP contribution is 2.18. The summed E-state index contributed by atoms with van der Waals surface area (Å²) in [6.07, 6.45) is 3.40. The summed E-state index contributed by atoms with van der Waals surface area (Å²) in [5, 5.41) is 2.01. The number of benzene rings is 1. The number of hydrogen-bond acceptors (Lipinski definition) is 3. The van der Waals surface area contributed by atoms with Crippen LogP contribution in [0.15, 0.2) is 24.3 Å². The highest BCUT2D eigenvalue weighted by Gasteiger charge is 2.24. The number of para-hydroxylation sites is 1. The highest BCUT2D eigenvalue weighted by atomic mass is 16.5. The van der Waals surface area contributed by atoms with E-state index in [1.54, 1.807) is 19.2 Å². The fourth-order valence-electron chi connectivity index (χ4n) is 2.09. The van der Waals surface area contributed by atoms with Crippen LogP contribution in [0.3, 0.4) is 0 Å². The minimum Gasteiger partial charge on any atom is -0.496 e. The Morgan fingerprint density at radius 1 is 1.24 bits per heavy atom. The van der Waals surface area contributed by atoms with Gasteiger partial charge >= 0.3 is 0 Å². The van der Waals surface area contributed by atoms with Crippen molar-refractivity contribution < 1.29 is 9.53 Å². The van der Waals surface area contributed by atoms with Gasteiger partial charge < -0.3 is 4.74 Å². The molecule has 0 bridgehead atoms. The van der Waals surface area contributed by atoms with Gasteiger partial charge in [0.25, 0.3) is 5.91 Å². The standard InChI is InChI=1S/C17H28N2O2/c1-6-7-10-13-19(17(2,3)4)18-16(20)14-11-8-9-12-15(14)21-5/h8-9,11-12H,6-7,10,13H2,1-5H3,(H,18,20). The molecule has 0 spiro atoms. The Labute approximate surface area is 128 Å². The first kappa shape index (κ1) is 17.5. The van der Waals surface area contributed by atoms with Crippen molar-refractivity contribution >= 4 is 5.91 Å². The van der Waals surface area contributed by atoms with E-state index in [9.17, 15) is 4.79 Å². The molecule has 0 aliphatic heterocycles. The van der Waals surface area contributed by atoms with Gasteiger partial charge in [-0.05, 0) is 39.3 Å². The number of carbonyl (C=O) groups is 1. The van der Waals surface area contributed by atoms with Gasteiger partial charge in [-0.15, -0.1) is 0 Å². The van der Waals surface area contributed by atoms with Crippen LogP contribution in [0.2, 0.25) is 0 Å². The van der Waals surface area contributed by atoms with Gasteiger partial charge in [-0.2, -0.15) is 0 Å². The minimum absolute atomic E-state index is 0.120. The van der Waals surface area contributed by atoms with Gasteiger partial charge in [0.2, 0.25) is 0 Å². The summed E-state index contributed by atoms with van der Waals surface area (Å²) in [5.74, 6) is 0.469. The second-order valence-corrected chi connectivity index (χ2v) is 6.17. The monoisotopic (exact) mass is 292 g/mol. The van der Waals surface area contributed by atoms with Gasteiger partial charge in [0.1, 0.15) is 5.75 Å². The average molecular weight is 292 g/mol. The molecule has 0 aliphatic carbocycles. The number of hydrogen-bond donors (Lipinski definition) is 1. The van der Waals surface area contributed by atoms with E-state index in [4.69, 9.17) is 4.74 Å². The van der Waals surface area contributed by atoms with E-state index in [2.05, 4.69) is 33.1 Å². The molecule has 0 fully saturated rings. The first-order valence-corrected chi connectivity index (χ1v) is 7.61. The van der Waals surface area contributed by atoms with E-state index in [0.717, 1.165) is 19.4 Å². The smallest absolute Gasteiger partial charge is 0.269 e. The molecule has 0 atom stereocenters. The van der Waals surface area contributed by atoms with E-state index >= 15 is 0 Å². The number of methoxy groups -OCH3 is 1. The summed E-state index contributed by atoms with van der Waals surface area (Å²) in [4.78, 5) is 12.5. The largest absolute Gasteiger partial charge is 0.496 e. The van der Waals surface area contributed by atoms with E-state index in [0.29, 0.717) is 11.3 Å². The summed E-state index contributed by atoms with van der Waals surface area (Å²) in [6, 6.07) is 7.28. The number of nitrogens with one attached hydrogen (secondary N) is 1. The quantitative estimate of drug-likeness (QED) is 0.616. The molecule has 1 aromatic carbocycles. The second kappa shape index (κ2) is 8.03. The van der Waals surface area contributed by atoms with Gasteiger partial charge in [0.15, 0.2) is 0 Å². The lowest BCUT2D eigenvalue weighted by atomic mass is 10.1. The predicted octanol–water partition coefficient (Wildman–Crippen LogP) is 3.63. The molecule has 118 valence electrons. The number of rotatable bonds is 7. The number of amides is 1. The zero-order chi connectivity index (χ0) is 15.9. The van der Waals surface area contributed by atoms with Gasteiger partial charge in [0, 0.05) is 12.1 Å². The molecular formula is C17H28N2O2. The Bertz CT molecular complexity index is 452. The maximum absolute atomic E-state index is 12.5. The summed E-state index contributed by atoms with van der Waals surface area (Å²) >= 11 is 0. The number of hydrazine groups is 1. The molecule has 1 aromatic rings. The molecule has 0 heterocycles. The molecule has 1 rings (SSSR count). The van der Waals surface area contributed by atoms with Crippen LogP contribution >= 0.6 is 0 Å². The molecule has 0 unspecified atom stereocenters. The Kier molecular flexibility index (Phi) is 6.69. The molecule has 0 radical (unpaired) electrons. The van der Waals surface area contributed by atoms with Crippen molar-refractivity contribution in [2.24, 2.45) is 0 Å². The van der Waals surface area contributed by atoms with Crippen molar-refractivity contribution in [3.8, 4) is 5.75 Å². The minimum atomic E-state index is -0.126. The van der Waals surface area contributed by atoms with Crippen LogP contribution < -0.4 is 10.2 Å². The Morgan fingerprint density at radius 3 is 2.48 bits per heavy atom. The summed E-state index contributed by atoms with van der Waals surface area (Å²) in [6.45, 7) is 9.32. The van der Waals surface area contributed by atoms with Crippen molar-refractivity contribution in [3.63, 3.8) is 0 Å². The molecular weight excluding hydrogens is 264 g/mol. The molecule has 0 aliphatic rings. The lowest BCUT2D eigenvalue weighted by Gasteiger charge is -2.35. The predicted molar refractivity (Wildman–Crippen MR) is 86.4 cm³/mol. The Morgan fingerprint density at radius 2 is 1.90 bits per heavy atom. The average Bonchev–Trinajstić information content (AvgIpc) is 2.45. The number of ether oxygens (including phenoxy) is 1. The molecule has 0 saturated carbocycles. The SMILES string of the molecule is CCCCCN(NC(=O)c1ccccc1OC)C(C)(C)C. The normalized spacial score (nSPS) is 11.5. The second-order valence-electron chi connectivity index (χ2n) is 6.17. The Balaban J connectivity index is 2.80. The first-order chi connectivity index (χ1) is 9.90. The lowest BCUT2D eigenvalue weighted by Crippen LogP contribution is -2.53. The molecule has 0 saturated heterocycles. The first-order valence-electron chi connectivity index (χ1n) is 7.61. The fourth-order valence-corrected chi connectivity index (χ4v) is 2.09. The maximum Gasteiger partial charge on any atom is 0.269 e. The molecule has 21 heavy (non-hydrogen) atoms. The molecule has 0 aromatic heterocycles. The van der Waals surface area contributed by atoms with E-state index in [1.807, 2.05) is 17.1 Å². The van der Waals surface area contributed by atoms with Crippen molar-refractivity contribution in [2.45, 2.75) is 52.5 Å². The van der Waals surface area contributed by atoms with Crippen LogP contribution in [0.4, 0.5) is 0 Å². The van der Waals surface area contributed by atoms with Gasteiger partial charge in [-0.25, -0.2) is 5.01 Å². The molecule has 4 nitrogen and oxygen atoms in total. The van der Waals surface area contributed by atoms with Crippen molar-refractivity contribution in [2.75, 3.05) is 13.7 Å². The third-order valence-electron chi connectivity index (χ3n) is 3.38. The third kappa shape index (κ3) is 5.38. The van der Waals surface area contributed by atoms with E-state index < -0.39 is 0 Å². The van der Waals surface area contributed by atoms with E-state index in [1.165, 1.54) is 6.42 Å². The zero-order valence-corrected chi connectivity index (χ0v) is 13.9. The Hall–Kier alpha value is -1.55. The van der Waals surface area contributed by atoms with E-state index in [-0.39, 0.29) is 11.4 Å². The molecule has 4 heteroatoms. The van der Waals surface area contributed by atoms with Crippen LogP contribution in [0.5, 0.6) is 5.75 Å². The number of nitrogens with zero attached hydrogens (tertiary/aromatic N) is 1. The topological polar surface area (TPSA) is 41.6 Å². The van der Waals surface area contributed by atoms with Crippen LogP contribution in [-0.2, 0) is 0 Å². The van der Waals surface area contributed by atoms with Crippen LogP contribution in [0, 0.1) is 0 Å². The van der Waals surface area contributed by atoms with Gasteiger partial charge in [-0.1, -0.05) is 31.9 Å². The third-order valence-corrected chi connectivity index (χ3v) is 3.38. The highest BCUT2D eigenvalue weighted by molar-refractivity contribution is 5.96. The van der Waals surface area contributed by atoms with Crippen LogP contribution in [0.1, 0.15) is 57.3 Å². The summed E-state index contributed by atoms with van der Waals surface area (Å²) in [7, 11) is 1.58. The van der Waals surface area contributed by atoms with Crippen molar-refractivity contribution in [3.05, 3.63) is 29.8 Å². The fraction of sp³-hybridized carbons (Fsp3) is 0.588. The number of unbranched alkanes of at least 4 members (excludes halogenated alkanes) is 2. The lowest BCUT2D eigenvalue weighted by molar-refractivity contribution is 0.0496. The van der Waals surface area contributed by atoms with Crippen molar-refractivity contribution in [1.29, 1.82) is 0 Å². The van der Waals surface area contributed by atoms with Crippen LogP contribution in [0.25, 0.3) is 0 Å². The zero-order valence-electron chi connectivity index (χ0n) is 13.9. The molecule has 1 amide bonds. The van der Waals surface area contributed by atoms with Gasteiger partial charge in [0.05, 0.1) is 12.7 Å². The maximum atomic E-state index is 12.5. The van der Waals surface area contributed by atoms with Crippen LogP contribution in [-0.4, -0.2) is 30.1 Å².